The first-order valence-electron chi connectivity index (χ1n) is 4.80. The van der Waals surface area contributed by atoms with Gasteiger partial charge in [-0.1, -0.05) is 0 Å². The first-order valence-corrected chi connectivity index (χ1v) is 6.96. The number of benzene rings is 1. The first kappa shape index (κ1) is 17.0. The molecule has 106 valence electrons. The molecule has 0 radical (unpaired) electrons. The normalized spacial score (nSPS) is 21.1. The number of ether oxygens (including phenoxy) is 1. The van der Waals surface area contributed by atoms with E-state index in [1.807, 2.05) is 45.2 Å². The summed E-state index contributed by atoms with van der Waals surface area (Å²) < 4.78 is 32.5. The molecule has 2 rings (SSSR count). The Morgan fingerprint density at radius 2 is 1.89 bits per heavy atom. The third-order valence-electron chi connectivity index (χ3n) is 2.45. The second-order valence-corrected chi connectivity index (χ2v) is 6.07. The van der Waals surface area contributed by atoms with Crippen LogP contribution in [0.5, 0.6) is 5.75 Å². The fourth-order valence-electron chi connectivity index (χ4n) is 1.59. The lowest BCUT2D eigenvalue weighted by molar-refractivity contribution is -0.104. The molecule has 0 aliphatic carbocycles. The van der Waals surface area contributed by atoms with E-state index >= 15 is 0 Å². The van der Waals surface area contributed by atoms with Gasteiger partial charge >= 0.3 is 12.0 Å². The Labute approximate surface area is 141 Å². The molecule has 1 aromatic rings. The van der Waals surface area contributed by atoms with Crippen molar-refractivity contribution >= 4 is 63.7 Å². The Kier molecular flexibility index (Phi) is 5.46. The predicted molar refractivity (Wildman–Crippen MR) is 83.0 cm³/mol. The highest BCUT2D eigenvalue weighted by Crippen LogP contribution is 2.37. The number of hydrogen-bond donors (Lipinski definition) is 2. The van der Waals surface area contributed by atoms with E-state index in [0.29, 0.717) is 7.14 Å². The number of amides is 1. The minimum absolute atomic E-state index is 0. The second-order valence-electron chi connectivity index (χ2n) is 3.75. The molecule has 0 aromatic heterocycles. The van der Waals surface area contributed by atoms with Gasteiger partial charge in [-0.25, -0.2) is 13.6 Å². The summed E-state index contributed by atoms with van der Waals surface area (Å²) in [6.45, 7) is -0.947. The quantitative estimate of drug-likeness (QED) is 0.562. The van der Waals surface area contributed by atoms with E-state index in [0.717, 1.165) is 0 Å². The molecule has 1 amide bonds. The fourth-order valence-corrected chi connectivity index (χ4v) is 3.41. The maximum Gasteiger partial charge on any atom is 0.408 e. The molecule has 1 aliphatic rings. The van der Waals surface area contributed by atoms with Gasteiger partial charge in [0.1, 0.15) is 11.8 Å². The number of alkyl carbamates (subject to hydrolysis) is 1. The fraction of sp³-hybridized carbons (Fsp3) is 0.300. The Balaban J connectivity index is 0.00000180. The smallest absolute Gasteiger partial charge is 0.408 e. The zero-order chi connectivity index (χ0) is 13.5. The highest BCUT2D eigenvalue weighted by Gasteiger charge is 2.47. The molecule has 1 atom stereocenters. The second kappa shape index (κ2) is 6.12. The van der Waals surface area contributed by atoms with Crippen LogP contribution in [0.1, 0.15) is 11.6 Å². The molecule has 2 N–H and O–H groups in total. The number of hydrogen-bond acceptors (Lipinski definition) is 3. The van der Waals surface area contributed by atoms with E-state index in [-0.39, 0.29) is 23.7 Å². The number of rotatable bonds is 1. The van der Waals surface area contributed by atoms with Crippen molar-refractivity contribution in [1.29, 1.82) is 0 Å². The molecule has 0 bridgehead atoms. The average molecular weight is 517 g/mol. The number of phenols is 1. The van der Waals surface area contributed by atoms with Gasteiger partial charge in [0.05, 0.1) is 7.14 Å². The number of aromatic hydroxyl groups is 1. The van der Waals surface area contributed by atoms with Crippen LogP contribution in [0.15, 0.2) is 12.1 Å². The highest BCUT2D eigenvalue weighted by atomic mass is 127. The van der Waals surface area contributed by atoms with E-state index in [2.05, 4.69) is 10.1 Å². The lowest BCUT2D eigenvalue weighted by Crippen LogP contribution is -2.49. The molecule has 1 saturated heterocycles. The predicted octanol–water partition coefficient (Wildman–Crippen LogP) is 3.44. The van der Waals surface area contributed by atoms with Crippen molar-refractivity contribution in [3.63, 3.8) is 0 Å². The van der Waals surface area contributed by atoms with Crippen molar-refractivity contribution in [1.82, 2.24) is 5.32 Å². The van der Waals surface area contributed by atoms with Crippen LogP contribution < -0.4 is 5.32 Å². The van der Waals surface area contributed by atoms with Crippen LogP contribution >= 0.6 is 57.6 Å². The molecular weight excluding hydrogens is 509 g/mol. The number of halogens is 5. The summed E-state index contributed by atoms with van der Waals surface area (Å²) in [5.74, 6) is -3.14. The van der Waals surface area contributed by atoms with Crippen LogP contribution in [0.2, 0.25) is 0 Å². The van der Waals surface area contributed by atoms with E-state index in [9.17, 15) is 18.7 Å². The van der Waals surface area contributed by atoms with E-state index in [1.54, 1.807) is 0 Å². The van der Waals surface area contributed by atoms with Gasteiger partial charge in [0.2, 0.25) is 0 Å². The molecule has 4 nitrogen and oxygen atoms in total. The number of carbonyl (C=O) groups excluding carboxylic acids is 1. The van der Waals surface area contributed by atoms with Gasteiger partial charge in [0, 0.05) is 0 Å². The standard InChI is InChI=1S/C10H7F2I2NO3.ClH/c11-10(12)3-18-9(17)15-8(10)4-1-5(13)7(16)6(14)2-4;/h1-2,8,16H,3H2,(H,15,17);1H/t8-;/m1./s1. The van der Waals surface area contributed by atoms with Gasteiger partial charge in [0.25, 0.3) is 0 Å². The van der Waals surface area contributed by atoms with Crippen LogP contribution in [0.4, 0.5) is 13.6 Å². The SMILES string of the molecule is Cl.O=C1N[C@H](c2cc(I)c(O)c(I)c2)C(F)(F)CO1. The van der Waals surface area contributed by atoms with Crippen LogP contribution in [0.25, 0.3) is 0 Å². The van der Waals surface area contributed by atoms with Gasteiger partial charge in [-0.3, -0.25) is 0 Å². The minimum atomic E-state index is -3.18. The average Bonchev–Trinajstić information content (AvgIpc) is 2.28. The molecule has 9 heteroatoms. The first-order chi connectivity index (χ1) is 8.31. The number of phenolic OH excluding ortho intramolecular Hbond substituents is 1. The highest BCUT2D eigenvalue weighted by molar-refractivity contribution is 14.1. The Morgan fingerprint density at radius 1 is 1.37 bits per heavy atom. The summed E-state index contributed by atoms with van der Waals surface area (Å²) in [7, 11) is 0. The van der Waals surface area contributed by atoms with Crippen molar-refractivity contribution in [3.8, 4) is 5.75 Å². The lowest BCUT2D eigenvalue weighted by Gasteiger charge is -2.32. The summed E-state index contributed by atoms with van der Waals surface area (Å²) in [4.78, 5) is 11.1. The number of cyclic esters (lactones) is 1. The largest absolute Gasteiger partial charge is 0.506 e. The maximum absolute atomic E-state index is 13.7. The number of alkyl halides is 2. The van der Waals surface area contributed by atoms with E-state index in [4.69, 9.17) is 0 Å². The topological polar surface area (TPSA) is 58.6 Å². The van der Waals surface area contributed by atoms with E-state index < -0.39 is 24.7 Å². The van der Waals surface area contributed by atoms with Gasteiger partial charge < -0.3 is 15.2 Å². The lowest BCUT2D eigenvalue weighted by atomic mass is 10.00. The Bertz CT molecular complexity index is 493. The molecule has 1 fully saturated rings. The van der Waals surface area contributed by atoms with Crippen molar-refractivity contribution in [2.24, 2.45) is 0 Å². The van der Waals surface area contributed by atoms with Crippen molar-refractivity contribution in [2.75, 3.05) is 6.61 Å². The molecule has 0 unspecified atom stereocenters. The Morgan fingerprint density at radius 3 is 2.42 bits per heavy atom. The zero-order valence-electron chi connectivity index (χ0n) is 9.12. The molecule has 0 saturated carbocycles. The van der Waals surface area contributed by atoms with Crippen LogP contribution in [-0.4, -0.2) is 23.7 Å². The van der Waals surface area contributed by atoms with Crippen LogP contribution in [0, 0.1) is 7.14 Å². The van der Waals surface area contributed by atoms with E-state index in [1.165, 1.54) is 12.1 Å². The summed E-state index contributed by atoms with van der Waals surface area (Å²) in [5.41, 5.74) is 0.239. The third-order valence-corrected chi connectivity index (χ3v) is 4.10. The van der Waals surface area contributed by atoms with Crippen LogP contribution in [-0.2, 0) is 4.74 Å². The minimum Gasteiger partial charge on any atom is -0.506 e. The molecular formula is C10H8ClF2I2NO3. The summed E-state index contributed by atoms with van der Waals surface area (Å²) in [5, 5.41) is 11.7. The number of carbonyl (C=O) groups is 1. The zero-order valence-corrected chi connectivity index (χ0v) is 14.3. The maximum atomic E-state index is 13.7. The van der Waals surface area contributed by atoms with Gasteiger partial charge in [-0.2, -0.15) is 0 Å². The third kappa shape index (κ3) is 3.51. The van der Waals surface area contributed by atoms with Gasteiger partial charge in [0.15, 0.2) is 6.61 Å². The van der Waals surface area contributed by atoms with Crippen molar-refractivity contribution in [2.45, 2.75) is 12.0 Å². The molecule has 1 aliphatic heterocycles. The Hall–Kier alpha value is -0.100. The summed E-state index contributed by atoms with van der Waals surface area (Å²) in [6, 6.07) is 1.39. The van der Waals surface area contributed by atoms with Crippen LogP contribution in [0.3, 0.4) is 0 Å². The summed E-state index contributed by atoms with van der Waals surface area (Å²) >= 11 is 3.69. The van der Waals surface area contributed by atoms with Crippen molar-refractivity contribution in [3.05, 3.63) is 24.8 Å². The van der Waals surface area contributed by atoms with Gasteiger partial charge in [-0.15, -0.1) is 12.4 Å². The summed E-state index contributed by atoms with van der Waals surface area (Å²) in [6.07, 6.45) is -0.871. The molecule has 1 aromatic carbocycles. The van der Waals surface area contributed by atoms with Crippen molar-refractivity contribution < 1.29 is 23.4 Å². The molecule has 19 heavy (non-hydrogen) atoms. The molecule has 1 heterocycles. The van der Waals surface area contributed by atoms with Gasteiger partial charge in [-0.05, 0) is 62.9 Å². The monoisotopic (exact) mass is 517 g/mol. The molecule has 0 spiro atoms. The number of nitrogens with one attached hydrogen (secondary N) is 1.